The van der Waals surface area contributed by atoms with E-state index in [1.807, 2.05) is 10.8 Å². The van der Waals surface area contributed by atoms with Gasteiger partial charge < -0.3 is 15.0 Å². The lowest BCUT2D eigenvalue weighted by molar-refractivity contribution is 0.0950. The van der Waals surface area contributed by atoms with Crippen LogP contribution in [0.3, 0.4) is 0 Å². The van der Waals surface area contributed by atoms with Crippen LogP contribution in [0.15, 0.2) is 6.20 Å². The van der Waals surface area contributed by atoms with Gasteiger partial charge in [0, 0.05) is 34.9 Å². The summed E-state index contributed by atoms with van der Waals surface area (Å²) in [5.41, 5.74) is 0.644. The van der Waals surface area contributed by atoms with E-state index in [-0.39, 0.29) is 12.5 Å². The molecule has 0 spiro atoms. The van der Waals surface area contributed by atoms with E-state index in [1.165, 1.54) is 38.5 Å². The summed E-state index contributed by atoms with van der Waals surface area (Å²) in [6.07, 6.45) is 14.6. The van der Waals surface area contributed by atoms with E-state index in [0.717, 1.165) is 47.3 Å². The number of halogens is 1. The Bertz CT molecular complexity index is 715. The third-order valence-electron chi connectivity index (χ3n) is 5.49. The predicted molar refractivity (Wildman–Crippen MR) is 102 cm³/mol. The van der Waals surface area contributed by atoms with Crippen LogP contribution in [0.4, 0.5) is 0 Å². The lowest BCUT2D eigenvalue weighted by atomic mass is 9.97. The van der Waals surface area contributed by atoms with Crippen molar-refractivity contribution in [1.82, 2.24) is 9.88 Å². The summed E-state index contributed by atoms with van der Waals surface area (Å²) in [4.78, 5) is 12.7. The number of carbonyl (C=O) groups excluding carboxylic acids is 1. The number of nitrogens with zero attached hydrogens (tertiary/aromatic N) is 1. The highest BCUT2D eigenvalue weighted by molar-refractivity contribution is 6.45. The molecule has 3 rings (SSSR count). The largest absolute Gasteiger partial charge is 0.395 e. The van der Waals surface area contributed by atoms with Crippen molar-refractivity contribution in [2.75, 3.05) is 13.2 Å². The smallest absolute Gasteiger partial charge is 0.253 e. The fourth-order valence-corrected chi connectivity index (χ4v) is 4.45. The first-order chi connectivity index (χ1) is 12.2. The van der Waals surface area contributed by atoms with E-state index in [1.54, 1.807) is 0 Å². The zero-order valence-electron chi connectivity index (χ0n) is 14.9. The first-order valence-corrected chi connectivity index (χ1v) is 10.1. The molecule has 1 saturated carbocycles. The number of carbonyl (C=O) groups is 1. The molecule has 1 aromatic heterocycles. The van der Waals surface area contributed by atoms with Crippen molar-refractivity contribution in [2.45, 2.75) is 64.3 Å². The normalized spacial score (nSPS) is 18.4. The van der Waals surface area contributed by atoms with Gasteiger partial charge in [0.15, 0.2) is 0 Å². The average Bonchev–Trinajstić information content (AvgIpc) is 2.79. The van der Waals surface area contributed by atoms with Gasteiger partial charge in [-0.2, -0.15) is 0 Å². The Morgan fingerprint density at radius 3 is 2.76 bits per heavy atom. The van der Waals surface area contributed by atoms with Crippen molar-refractivity contribution in [3.63, 3.8) is 0 Å². The molecule has 0 unspecified atom stereocenters. The standard InChI is InChI=1S/C20H29ClN2O2/c21-17-8-5-9-18-19(17)16(14-23(18)12-13-24)20(25)22-11-10-15-6-3-1-2-4-7-15/h9,14-15,24H,1-8,10-13H2,(H,22,25). The number of hydrogen-bond acceptors (Lipinski definition) is 2. The Labute approximate surface area is 154 Å². The van der Waals surface area contributed by atoms with E-state index in [2.05, 4.69) is 11.4 Å². The number of nitrogens with one attached hydrogen (secondary N) is 1. The molecule has 2 N–H and O–H groups in total. The van der Waals surface area contributed by atoms with Crippen LogP contribution in [0.2, 0.25) is 0 Å². The highest BCUT2D eigenvalue weighted by Gasteiger charge is 2.18. The molecule has 1 aromatic rings. The average molecular weight is 365 g/mol. The molecule has 0 atom stereocenters. The summed E-state index contributed by atoms with van der Waals surface area (Å²) in [7, 11) is 0. The molecule has 0 saturated heterocycles. The van der Waals surface area contributed by atoms with E-state index in [4.69, 9.17) is 11.6 Å². The van der Waals surface area contributed by atoms with Crippen LogP contribution in [-0.4, -0.2) is 28.7 Å². The first-order valence-electron chi connectivity index (χ1n) is 9.67. The minimum atomic E-state index is -0.0463. The number of aromatic nitrogens is 1. The molecule has 0 radical (unpaired) electrons. The Hall–Kier alpha value is -1.26. The van der Waals surface area contributed by atoms with Gasteiger partial charge in [-0.1, -0.05) is 56.2 Å². The fraction of sp³-hybridized carbons (Fsp3) is 0.650. The van der Waals surface area contributed by atoms with Crippen LogP contribution in [0.1, 0.15) is 68.1 Å². The van der Waals surface area contributed by atoms with Crippen LogP contribution in [0.5, 0.6) is 0 Å². The molecule has 1 amide bonds. The maximum absolute atomic E-state index is 12.7. The van der Waals surface area contributed by atoms with Gasteiger partial charge in [0.1, 0.15) is 0 Å². The van der Waals surface area contributed by atoms with Gasteiger partial charge >= 0.3 is 0 Å². The molecule has 2 aliphatic rings. The van der Waals surface area contributed by atoms with E-state index in [0.29, 0.717) is 12.1 Å². The monoisotopic (exact) mass is 364 g/mol. The quantitative estimate of drug-likeness (QED) is 0.762. The van der Waals surface area contributed by atoms with Crippen molar-refractivity contribution in [3.05, 3.63) is 22.3 Å². The predicted octanol–water partition coefficient (Wildman–Crippen LogP) is 2.49. The zero-order valence-corrected chi connectivity index (χ0v) is 15.7. The second-order valence-electron chi connectivity index (χ2n) is 7.27. The number of aliphatic hydroxyl groups is 1. The van der Waals surface area contributed by atoms with Gasteiger partial charge in [0.25, 0.3) is 5.91 Å². The minimum Gasteiger partial charge on any atom is -0.395 e. The third kappa shape index (κ3) is 4.48. The molecule has 138 valence electrons. The summed E-state index contributed by atoms with van der Waals surface area (Å²) in [6, 6.07) is 0. The summed E-state index contributed by atoms with van der Waals surface area (Å²) in [6.45, 7) is 1.26. The molecule has 1 heterocycles. The van der Waals surface area contributed by atoms with Gasteiger partial charge in [0.2, 0.25) is 0 Å². The molecular weight excluding hydrogens is 336 g/mol. The summed E-state index contributed by atoms with van der Waals surface area (Å²) < 4.78 is 1.94. The number of fused-ring (bicyclic) bond motifs is 1. The van der Waals surface area contributed by atoms with Crippen LogP contribution in [-0.2, 0) is 6.54 Å². The molecular formula is C20H29ClN2O2. The molecule has 0 aliphatic heterocycles. The highest BCUT2D eigenvalue weighted by atomic mass is 35.5. The molecule has 25 heavy (non-hydrogen) atoms. The topological polar surface area (TPSA) is 54.3 Å². The van der Waals surface area contributed by atoms with Crippen LogP contribution < -0.4 is 15.9 Å². The number of amides is 1. The Morgan fingerprint density at radius 1 is 1.28 bits per heavy atom. The maximum Gasteiger partial charge on any atom is 0.253 e. The van der Waals surface area contributed by atoms with Gasteiger partial charge in [0.05, 0.1) is 12.2 Å². The van der Waals surface area contributed by atoms with Gasteiger partial charge in [-0.05, 0) is 25.2 Å². The van der Waals surface area contributed by atoms with Crippen molar-refractivity contribution in [2.24, 2.45) is 5.92 Å². The SMILES string of the molecule is O=C(NCCC1CCCCCC1)c1cn(CCO)c2c1=C(Cl)CCC=2. The number of rotatable bonds is 6. The van der Waals surface area contributed by atoms with E-state index < -0.39 is 0 Å². The maximum atomic E-state index is 12.7. The van der Waals surface area contributed by atoms with Gasteiger partial charge in [-0.15, -0.1) is 0 Å². The molecule has 0 aromatic carbocycles. The highest BCUT2D eigenvalue weighted by Crippen LogP contribution is 2.24. The van der Waals surface area contributed by atoms with Crippen molar-refractivity contribution in [1.29, 1.82) is 0 Å². The first kappa shape index (κ1) is 18.5. The zero-order chi connectivity index (χ0) is 17.6. The van der Waals surface area contributed by atoms with Gasteiger partial charge in [-0.25, -0.2) is 0 Å². The van der Waals surface area contributed by atoms with Crippen LogP contribution in [0, 0.1) is 5.92 Å². The molecule has 5 heteroatoms. The number of aliphatic hydroxyl groups excluding tert-OH is 1. The van der Waals surface area contributed by atoms with E-state index in [9.17, 15) is 9.90 Å². The minimum absolute atomic E-state index is 0.0463. The van der Waals surface area contributed by atoms with Crippen molar-refractivity contribution in [3.8, 4) is 0 Å². The molecule has 2 aliphatic carbocycles. The second kappa shape index (κ2) is 8.91. The summed E-state index contributed by atoms with van der Waals surface area (Å²) in [5.74, 6) is 0.703. The Morgan fingerprint density at radius 2 is 2.04 bits per heavy atom. The fourth-order valence-electron chi connectivity index (χ4n) is 4.14. The Balaban J connectivity index is 1.69. The summed E-state index contributed by atoms with van der Waals surface area (Å²) in [5, 5.41) is 14.9. The summed E-state index contributed by atoms with van der Waals surface area (Å²) >= 11 is 6.42. The van der Waals surface area contributed by atoms with Crippen molar-refractivity contribution < 1.29 is 9.90 Å². The lowest BCUT2D eigenvalue weighted by Crippen LogP contribution is -2.37. The molecule has 1 fully saturated rings. The van der Waals surface area contributed by atoms with Crippen LogP contribution in [0.25, 0.3) is 11.1 Å². The Kier molecular flexibility index (Phi) is 6.60. The third-order valence-corrected chi connectivity index (χ3v) is 5.87. The second-order valence-corrected chi connectivity index (χ2v) is 7.73. The molecule has 4 nitrogen and oxygen atoms in total. The van der Waals surface area contributed by atoms with E-state index >= 15 is 0 Å². The number of hydrogen-bond donors (Lipinski definition) is 2. The van der Waals surface area contributed by atoms with Crippen molar-refractivity contribution >= 4 is 28.6 Å². The molecule has 0 bridgehead atoms. The van der Waals surface area contributed by atoms with Gasteiger partial charge in [-0.3, -0.25) is 4.79 Å². The van der Waals surface area contributed by atoms with Crippen LogP contribution >= 0.6 is 11.6 Å². The lowest BCUT2D eigenvalue weighted by Gasteiger charge is -2.14.